The van der Waals surface area contributed by atoms with Gasteiger partial charge < -0.3 is 8.83 Å². The first-order valence-corrected chi connectivity index (χ1v) is 20.0. The third-order valence-corrected chi connectivity index (χ3v) is 11.0. The highest BCUT2D eigenvalue weighted by Crippen LogP contribution is 2.37. The van der Waals surface area contributed by atoms with Gasteiger partial charge in [-0.15, -0.1) is 22.7 Å². The van der Waals surface area contributed by atoms with Gasteiger partial charge in [-0.2, -0.15) is 0 Å². The minimum absolute atomic E-state index is 0.275. The van der Waals surface area contributed by atoms with E-state index in [2.05, 4.69) is 27.9 Å². The predicted octanol–water partition coefficient (Wildman–Crippen LogP) is 12.2. The number of rotatable bonds is 7. The quantitative estimate of drug-likeness (QED) is 0.155. The first-order valence-electron chi connectivity index (χ1n) is 18.3. The van der Waals surface area contributed by atoms with Gasteiger partial charge in [-0.1, -0.05) is 6.92 Å². The second kappa shape index (κ2) is 15.6. The van der Waals surface area contributed by atoms with Crippen LogP contribution in [0.3, 0.4) is 0 Å². The maximum Gasteiger partial charge on any atom is 0.226 e. The van der Waals surface area contributed by atoms with E-state index in [1.165, 1.54) is 40.5 Å². The zero-order valence-corrected chi connectivity index (χ0v) is 32.9. The summed E-state index contributed by atoms with van der Waals surface area (Å²) in [5.74, 6) is 2.15. The number of hydrogen-bond acceptors (Lipinski definition) is 11. The van der Waals surface area contributed by atoms with Crippen LogP contribution < -0.4 is 0 Å². The van der Waals surface area contributed by atoms with Gasteiger partial charge in [0.15, 0.2) is 0 Å². The third kappa shape index (κ3) is 7.52. The summed E-state index contributed by atoms with van der Waals surface area (Å²) in [5, 5.41) is 0. The summed E-state index contributed by atoms with van der Waals surface area (Å²) in [7, 11) is 0. The van der Waals surface area contributed by atoms with Crippen molar-refractivity contribution in [2.75, 3.05) is 0 Å². The average molecular weight is 804 g/mol. The Morgan fingerprint density at radius 3 is 1.55 bits per heavy atom. The molecule has 284 valence electrons. The molecule has 6 aromatic heterocycles. The number of aromatic nitrogens is 7. The molecule has 0 aliphatic rings. The highest BCUT2D eigenvalue weighted by molar-refractivity contribution is 7.15. The molecule has 4 aromatic carbocycles. The van der Waals surface area contributed by atoms with Crippen molar-refractivity contribution in [3.05, 3.63) is 149 Å². The summed E-state index contributed by atoms with van der Waals surface area (Å²) in [4.78, 5) is 35.4. The van der Waals surface area contributed by atoms with Crippen LogP contribution in [-0.2, 0) is 6.42 Å². The highest BCUT2D eigenvalue weighted by Gasteiger charge is 2.18. The number of thiophene rings is 1. The number of hydrogen-bond donors (Lipinski definition) is 0. The molecule has 0 unspecified atom stereocenters. The number of thiazole rings is 1. The topological polar surface area (TPSA) is 117 Å². The Morgan fingerprint density at radius 1 is 0.534 bits per heavy atom. The van der Waals surface area contributed by atoms with E-state index >= 15 is 0 Å². The average Bonchev–Trinajstić information content (AvgIpc) is 4.10. The Balaban J connectivity index is 0.000000151. The lowest BCUT2D eigenvalue weighted by Crippen LogP contribution is -1.95. The second-order valence-electron chi connectivity index (χ2n) is 13.3. The van der Waals surface area contributed by atoms with Crippen LogP contribution in [0.2, 0.25) is 0 Å². The Kier molecular flexibility index (Phi) is 9.90. The SMILES string of the molecule is CCc1cnc(-c2ccc3nc(-c4ccc(F)cc4)c(-c4ccc(C)s4)nc3c2)o1.Cc1cnc(-c2ccc3nc(-c4ccc(F)cc4)c(-c4cncs4)nc3c2)o1. The lowest BCUT2D eigenvalue weighted by Gasteiger charge is -2.10. The van der Waals surface area contributed by atoms with Crippen LogP contribution in [0.5, 0.6) is 0 Å². The molecule has 0 spiro atoms. The monoisotopic (exact) mass is 803 g/mol. The molecule has 0 saturated carbocycles. The lowest BCUT2D eigenvalue weighted by molar-refractivity contribution is 0.524. The van der Waals surface area contributed by atoms with E-state index in [1.54, 1.807) is 59.7 Å². The number of halogens is 2. The molecule has 0 radical (unpaired) electrons. The van der Waals surface area contributed by atoms with Gasteiger partial charge in [-0.25, -0.2) is 38.7 Å². The number of oxazole rings is 2. The van der Waals surface area contributed by atoms with Crippen LogP contribution in [0.4, 0.5) is 8.78 Å². The van der Waals surface area contributed by atoms with Gasteiger partial charge in [0.05, 0.1) is 61.1 Å². The molecule has 0 saturated heterocycles. The Morgan fingerprint density at radius 2 is 1.07 bits per heavy atom. The van der Waals surface area contributed by atoms with Crippen molar-refractivity contribution in [1.29, 1.82) is 0 Å². The minimum Gasteiger partial charge on any atom is -0.441 e. The van der Waals surface area contributed by atoms with Crippen LogP contribution in [-0.4, -0.2) is 34.9 Å². The molecule has 0 N–H and O–H groups in total. The standard InChI is InChI=1S/C24H18FN3OS.C21H13FN4OS/c1-3-18-13-26-24(29-18)16-7-10-19-20(12-16)28-23(21-11-4-14(2)30-21)22(27-19)15-5-8-17(25)9-6-15;1-12-9-24-21(27-12)14-4-7-16-17(8-14)26-20(18-10-23-11-28-18)19(25-16)13-2-5-15(22)6-3-13/h4-13H,3H2,1-2H3;2-11H,1H3. The summed E-state index contributed by atoms with van der Waals surface area (Å²) in [6.45, 7) is 5.95. The second-order valence-corrected chi connectivity index (χ2v) is 15.5. The molecule has 0 bridgehead atoms. The highest BCUT2D eigenvalue weighted by atomic mass is 32.1. The minimum atomic E-state index is -0.289. The van der Waals surface area contributed by atoms with Crippen molar-refractivity contribution >= 4 is 44.7 Å². The zero-order valence-electron chi connectivity index (χ0n) is 31.3. The number of fused-ring (bicyclic) bond motifs is 2. The fourth-order valence-electron chi connectivity index (χ4n) is 6.32. The van der Waals surface area contributed by atoms with Gasteiger partial charge in [0.2, 0.25) is 11.8 Å². The van der Waals surface area contributed by atoms with Crippen LogP contribution in [0, 0.1) is 25.5 Å². The van der Waals surface area contributed by atoms with Crippen molar-refractivity contribution in [1.82, 2.24) is 34.9 Å². The summed E-state index contributed by atoms with van der Waals surface area (Å²) in [6, 6.07) is 28.3. The molecule has 0 aliphatic carbocycles. The first kappa shape index (κ1) is 36.8. The van der Waals surface area contributed by atoms with Gasteiger partial charge in [0.1, 0.15) is 34.5 Å². The molecule has 0 fully saturated rings. The van der Waals surface area contributed by atoms with Gasteiger partial charge >= 0.3 is 0 Å². The van der Waals surface area contributed by atoms with Crippen molar-refractivity contribution < 1.29 is 17.6 Å². The number of nitrogens with zero attached hydrogens (tertiary/aromatic N) is 7. The molecule has 0 atom stereocenters. The largest absolute Gasteiger partial charge is 0.441 e. The Hall–Kier alpha value is -6.83. The van der Waals surface area contributed by atoms with Gasteiger partial charge in [-0.3, -0.25) is 4.98 Å². The summed E-state index contributed by atoms with van der Waals surface area (Å²) in [5.41, 5.74) is 11.0. The number of aryl methyl sites for hydroxylation is 3. The van der Waals surface area contributed by atoms with E-state index in [0.717, 1.165) is 83.4 Å². The van der Waals surface area contributed by atoms with Crippen molar-refractivity contribution in [3.63, 3.8) is 0 Å². The fraction of sp³-hybridized carbons (Fsp3) is 0.0889. The molecule has 6 heterocycles. The van der Waals surface area contributed by atoms with Crippen LogP contribution in [0.15, 0.2) is 130 Å². The molecule has 0 aliphatic heterocycles. The fourth-order valence-corrected chi connectivity index (χ4v) is 7.79. The Labute approximate surface area is 338 Å². The molecular formula is C45H31F2N7O2S2. The van der Waals surface area contributed by atoms with Crippen molar-refractivity contribution in [2.45, 2.75) is 27.2 Å². The normalized spacial score (nSPS) is 11.3. The first-order chi connectivity index (χ1) is 28.3. The maximum absolute atomic E-state index is 13.5. The van der Waals surface area contributed by atoms with E-state index in [9.17, 15) is 8.78 Å². The summed E-state index contributed by atoms with van der Waals surface area (Å²) in [6.07, 6.45) is 5.99. The lowest BCUT2D eigenvalue weighted by atomic mass is 10.1. The van der Waals surface area contributed by atoms with E-state index < -0.39 is 0 Å². The number of benzene rings is 4. The van der Waals surface area contributed by atoms with E-state index in [0.29, 0.717) is 23.2 Å². The molecule has 58 heavy (non-hydrogen) atoms. The van der Waals surface area contributed by atoms with Gasteiger partial charge in [0.25, 0.3) is 0 Å². The third-order valence-electron chi connectivity index (χ3n) is 9.22. The van der Waals surface area contributed by atoms with Gasteiger partial charge in [-0.05, 0) is 111 Å². The zero-order chi connectivity index (χ0) is 39.8. The van der Waals surface area contributed by atoms with Crippen molar-refractivity contribution in [3.8, 4) is 66.6 Å². The summed E-state index contributed by atoms with van der Waals surface area (Å²) >= 11 is 3.14. The molecule has 0 amide bonds. The molecule has 13 heteroatoms. The van der Waals surface area contributed by atoms with E-state index in [4.69, 9.17) is 28.8 Å². The van der Waals surface area contributed by atoms with Crippen molar-refractivity contribution in [2.24, 2.45) is 0 Å². The smallest absolute Gasteiger partial charge is 0.226 e. The molecule has 9 nitrogen and oxygen atoms in total. The Bertz CT molecular complexity index is 3050. The van der Waals surface area contributed by atoms with Crippen LogP contribution >= 0.6 is 22.7 Å². The van der Waals surface area contributed by atoms with Crippen LogP contribution in [0.1, 0.15) is 23.3 Å². The molecule has 10 aromatic rings. The molecular weight excluding hydrogens is 773 g/mol. The van der Waals surface area contributed by atoms with E-state index in [-0.39, 0.29) is 11.6 Å². The van der Waals surface area contributed by atoms with Crippen LogP contribution in [0.25, 0.3) is 88.6 Å². The van der Waals surface area contributed by atoms with E-state index in [1.807, 2.05) is 56.3 Å². The molecule has 10 rings (SSSR count). The summed E-state index contributed by atoms with van der Waals surface area (Å²) < 4.78 is 38.3. The predicted molar refractivity (Wildman–Crippen MR) is 224 cm³/mol. The maximum atomic E-state index is 13.5. The van der Waals surface area contributed by atoms with Gasteiger partial charge in [0, 0.05) is 39.7 Å².